The lowest BCUT2D eigenvalue weighted by Gasteiger charge is -2.47. The highest BCUT2D eigenvalue weighted by Gasteiger charge is 2.42. The van der Waals surface area contributed by atoms with Gasteiger partial charge in [-0.2, -0.15) is 11.3 Å². The smallest absolute Gasteiger partial charge is 0.317 e. The van der Waals surface area contributed by atoms with E-state index in [0.29, 0.717) is 32.8 Å². The molecule has 1 N–H and O–H groups in total. The van der Waals surface area contributed by atoms with E-state index in [4.69, 9.17) is 4.74 Å². The Kier molecular flexibility index (Phi) is 5.06. The molecule has 3 amide bonds. The van der Waals surface area contributed by atoms with E-state index in [1.54, 1.807) is 0 Å². The van der Waals surface area contributed by atoms with Crippen LogP contribution in [0.5, 0.6) is 0 Å². The van der Waals surface area contributed by atoms with Crippen molar-refractivity contribution in [3.05, 3.63) is 22.4 Å². The number of nitrogens with zero attached hydrogens (tertiary/aromatic N) is 2. The van der Waals surface area contributed by atoms with Crippen molar-refractivity contribution in [2.75, 3.05) is 32.8 Å². The number of hydrogen-bond acceptors (Lipinski definition) is 4. The van der Waals surface area contributed by atoms with Crippen molar-refractivity contribution in [3.8, 4) is 0 Å². The molecular weight excluding hydrogens is 338 g/mol. The van der Waals surface area contributed by atoms with Crippen molar-refractivity contribution in [1.82, 2.24) is 15.1 Å². The first-order valence-corrected chi connectivity index (χ1v) is 9.75. The molecule has 0 radical (unpaired) electrons. The van der Waals surface area contributed by atoms with Crippen LogP contribution >= 0.6 is 11.3 Å². The van der Waals surface area contributed by atoms with Crippen molar-refractivity contribution >= 4 is 23.3 Å². The van der Waals surface area contributed by atoms with Gasteiger partial charge in [-0.25, -0.2) is 4.79 Å². The van der Waals surface area contributed by atoms with Gasteiger partial charge in [-0.1, -0.05) is 0 Å². The van der Waals surface area contributed by atoms with Crippen molar-refractivity contribution in [3.63, 3.8) is 0 Å². The van der Waals surface area contributed by atoms with Gasteiger partial charge in [-0.3, -0.25) is 4.79 Å². The fraction of sp³-hybridized carbons (Fsp3) is 0.667. The highest BCUT2D eigenvalue weighted by molar-refractivity contribution is 7.08. The first-order valence-electron chi connectivity index (χ1n) is 8.81. The van der Waals surface area contributed by atoms with E-state index in [1.807, 2.05) is 47.4 Å². The maximum absolute atomic E-state index is 12.6. The first-order chi connectivity index (χ1) is 11.8. The van der Waals surface area contributed by atoms with E-state index in [9.17, 15) is 9.59 Å². The minimum absolute atomic E-state index is 0.0237. The lowest BCUT2D eigenvalue weighted by molar-refractivity contribution is -0.123. The molecule has 2 aliphatic heterocycles. The number of urea groups is 1. The molecule has 0 saturated carbocycles. The summed E-state index contributed by atoms with van der Waals surface area (Å²) >= 11 is 1.54. The molecule has 6 nitrogen and oxygen atoms in total. The van der Waals surface area contributed by atoms with E-state index >= 15 is 0 Å². The van der Waals surface area contributed by atoms with Crippen LogP contribution in [0.3, 0.4) is 0 Å². The average Bonchev–Trinajstić information content (AvgIpc) is 3.07. The lowest BCUT2D eigenvalue weighted by atomic mass is 9.89. The van der Waals surface area contributed by atoms with Crippen LogP contribution in [0, 0.1) is 0 Å². The summed E-state index contributed by atoms with van der Waals surface area (Å²) in [6.45, 7) is 9.05. The van der Waals surface area contributed by atoms with Crippen LogP contribution < -0.4 is 5.32 Å². The van der Waals surface area contributed by atoms with Crippen molar-refractivity contribution in [2.45, 2.75) is 44.8 Å². The summed E-state index contributed by atoms with van der Waals surface area (Å²) in [5.41, 5.74) is 0.198. The Labute approximate surface area is 153 Å². The predicted molar refractivity (Wildman–Crippen MR) is 98.0 cm³/mol. The summed E-state index contributed by atoms with van der Waals surface area (Å²) in [7, 11) is 0. The average molecular weight is 365 g/mol. The van der Waals surface area contributed by atoms with E-state index in [0.717, 1.165) is 18.4 Å². The van der Waals surface area contributed by atoms with Crippen molar-refractivity contribution in [1.29, 1.82) is 0 Å². The largest absolute Gasteiger partial charge is 0.371 e. The molecule has 2 fully saturated rings. The van der Waals surface area contributed by atoms with Gasteiger partial charge in [0, 0.05) is 30.6 Å². The maximum atomic E-state index is 12.6. The topological polar surface area (TPSA) is 61.9 Å². The van der Waals surface area contributed by atoms with Crippen LogP contribution in [0.25, 0.3) is 0 Å². The van der Waals surface area contributed by atoms with Crippen molar-refractivity contribution in [2.24, 2.45) is 0 Å². The van der Waals surface area contributed by atoms with Crippen LogP contribution in [0.2, 0.25) is 0 Å². The molecule has 1 aromatic rings. The number of nitrogens with one attached hydrogen (secondary N) is 1. The lowest BCUT2D eigenvalue weighted by Crippen LogP contribution is -2.60. The molecule has 3 heterocycles. The Hall–Kier alpha value is -1.60. The molecule has 0 unspecified atom stereocenters. The van der Waals surface area contributed by atoms with Crippen LogP contribution in [0.4, 0.5) is 4.79 Å². The summed E-state index contributed by atoms with van der Waals surface area (Å²) < 4.78 is 6.08. The number of likely N-dealkylation sites (tertiary alicyclic amines) is 1. The molecule has 0 atom stereocenters. The van der Waals surface area contributed by atoms with E-state index in [1.165, 1.54) is 11.3 Å². The molecule has 0 aromatic carbocycles. The van der Waals surface area contributed by atoms with Crippen LogP contribution in [-0.4, -0.2) is 65.7 Å². The molecular formula is C18H27N3O3S. The molecule has 25 heavy (non-hydrogen) atoms. The number of morpholine rings is 1. The molecule has 3 rings (SSSR count). The van der Waals surface area contributed by atoms with E-state index < -0.39 is 0 Å². The molecule has 7 heteroatoms. The minimum atomic E-state index is -0.317. The van der Waals surface area contributed by atoms with Crippen LogP contribution in [-0.2, 0) is 4.74 Å². The van der Waals surface area contributed by atoms with Gasteiger partial charge in [0.1, 0.15) is 0 Å². The second-order valence-electron chi connectivity index (χ2n) is 7.94. The second-order valence-corrected chi connectivity index (χ2v) is 8.72. The Morgan fingerprint density at radius 1 is 1.20 bits per heavy atom. The Bertz CT molecular complexity index is 616. The van der Waals surface area contributed by atoms with Gasteiger partial charge in [0.05, 0.1) is 24.3 Å². The Balaban J connectivity index is 1.59. The van der Waals surface area contributed by atoms with Gasteiger partial charge in [0.2, 0.25) is 0 Å². The highest BCUT2D eigenvalue weighted by Crippen LogP contribution is 2.31. The third kappa shape index (κ3) is 4.33. The molecule has 2 saturated heterocycles. The summed E-state index contributed by atoms with van der Waals surface area (Å²) in [6.07, 6.45) is 1.52. The third-order valence-electron chi connectivity index (χ3n) is 4.75. The Morgan fingerprint density at radius 2 is 1.92 bits per heavy atom. The molecule has 0 bridgehead atoms. The Morgan fingerprint density at radius 3 is 2.52 bits per heavy atom. The summed E-state index contributed by atoms with van der Waals surface area (Å²) in [5, 5.41) is 6.83. The zero-order valence-corrected chi connectivity index (χ0v) is 16.0. The van der Waals surface area contributed by atoms with Gasteiger partial charge in [-0.05, 0) is 45.1 Å². The minimum Gasteiger partial charge on any atom is -0.371 e. The number of thiophene rings is 1. The first kappa shape index (κ1) is 18.2. The maximum Gasteiger partial charge on any atom is 0.317 e. The number of carbonyl (C=O) groups is 2. The van der Waals surface area contributed by atoms with Crippen LogP contribution in [0.1, 0.15) is 44.0 Å². The number of amides is 3. The molecule has 1 aromatic heterocycles. The predicted octanol–water partition coefficient (Wildman–Crippen LogP) is 2.56. The summed E-state index contributed by atoms with van der Waals surface area (Å²) in [6, 6.07) is 1.85. The van der Waals surface area contributed by atoms with Gasteiger partial charge >= 0.3 is 6.03 Å². The van der Waals surface area contributed by atoms with Crippen molar-refractivity contribution < 1.29 is 14.3 Å². The van der Waals surface area contributed by atoms with Gasteiger partial charge in [0.15, 0.2) is 0 Å². The summed E-state index contributed by atoms with van der Waals surface area (Å²) in [4.78, 5) is 28.7. The van der Waals surface area contributed by atoms with Crippen LogP contribution in [0.15, 0.2) is 16.8 Å². The molecule has 1 spiro atoms. The van der Waals surface area contributed by atoms with E-state index in [2.05, 4.69) is 5.32 Å². The second kappa shape index (κ2) is 6.96. The number of ether oxygens (including phenoxy) is 1. The molecule has 0 aliphatic carbocycles. The van der Waals surface area contributed by atoms with Gasteiger partial charge in [-0.15, -0.1) is 0 Å². The normalized spacial score (nSPS) is 20.6. The summed E-state index contributed by atoms with van der Waals surface area (Å²) in [5.74, 6) is 0.0804. The van der Waals surface area contributed by atoms with Gasteiger partial charge < -0.3 is 19.9 Å². The number of hydrogen-bond donors (Lipinski definition) is 1. The highest BCUT2D eigenvalue weighted by atomic mass is 32.1. The number of carbonyl (C=O) groups excluding carboxylic acids is 2. The quantitative estimate of drug-likeness (QED) is 0.832. The monoisotopic (exact) mass is 365 g/mol. The van der Waals surface area contributed by atoms with E-state index in [-0.39, 0.29) is 23.1 Å². The van der Waals surface area contributed by atoms with Gasteiger partial charge in [0.25, 0.3) is 5.91 Å². The molecule has 138 valence electrons. The fourth-order valence-corrected chi connectivity index (χ4v) is 4.04. The molecule has 2 aliphatic rings. The SMILES string of the molecule is CC(C)(C)NC(=O)N1CCC2(CC1)CN(C(=O)c1ccsc1)CCO2. The zero-order chi connectivity index (χ0) is 18.1. The number of rotatable bonds is 1. The third-order valence-corrected chi connectivity index (χ3v) is 5.43. The fourth-order valence-electron chi connectivity index (χ4n) is 3.41. The standard InChI is InChI=1S/C18H27N3O3S/c1-17(2,3)19-16(23)20-7-5-18(6-8-20)13-21(9-10-24-18)15(22)14-4-11-25-12-14/h4,11-12H,5-10,13H2,1-3H3,(H,19,23). The zero-order valence-electron chi connectivity index (χ0n) is 15.2. The number of piperidine rings is 1.